The van der Waals surface area contributed by atoms with E-state index in [4.69, 9.17) is 5.73 Å². The van der Waals surface area contributed by atoms with E-state index in [-0.39, 0.29) is 11.4 Å². The van der Waals surface area contributed by atoms with Gasteiger partial charge in [0, 0.05) is 22.7 Å². The molecule has 3 N–H and O–H groups in total. The molecule has 2 rings (SSSR count). The first-order valence-corrected chi connectivity index (χ1v) is 8.43. The third kappa shape index (κ3) is 3.83. The van der Waals surface area contributed by atoms with E-state index in [0.717, 1.165) is 25.7 Å². The van der Waals surface area contributed by atoms with Gasteiger partial charge in [0.1, 0.15) is 0 Å². The Morgan fingerprint density at radius 1 is 1.40 bits per heavy atom. The molecule has 1 fully saturated rings. The van der Waals surface area contributed by atoms with Crippen LogP contribution in [0.5, 0.6) is 0 Å². The lowest BCUT2D eigenvalue weighted by Crippen LogP contribution is -2.51. The van der Waals surface area contributed by atoms with Crippen LogP contribution in [-0.2, 0) is 11.2 Å². The van der Waals surface area contributed by atoms with Gasteiger partial charge in [0.2, 0.25) is 5.91 Å². The molecule has 0 radical (unpaired) electrons. The molecule has 3 nitrogen and oxygen atoms in total. The number of nitrogens with one attached hydrogen (secondary N) is 1. The molecule has 1 aliphatic rings. The summed E-state index contributed by atoms with van der Waals surface area (Å²) in [6.45, 7) is 4.87. The van der Waals surface area contributed by atoms with Crippen LogP contribution in [0.2, 0.25) is 0 Å². The molecule has 0 atom stereocenters. The van der Waals surface area contributed by atoms with Gasteiger partial charge in [-0.1, -0.05) is 12.8 Å². The molecule has 0 aliphatic heterocycles. The van der Waals surface area contributed by atoms with Crippen LogP contribution in [0.1, 0.15) is 53.8 Å². The van der Waals surface area contributed by atoms with Crippen molar-refractivity contribution in [2.24, 2.45) is 5.73 Å². The summed E-state index contributed by atoms with van der Waals surface area (Å²) in [6.07, 6.45) is 6.98. The SMILES string of the molecule is Cc1cc(CCCC(=O)NC2(CN)CCCC2)c(C)s1. The van der Waals surface area contributed by atoms with Gasteiger partial charge in [-0.15, -0.1) is 11.3 Å². The molecule has 20 heavy (non-hydrogen) atoms. The maximum absolute atomic E-state index is 12.1. The lowest BCUT2D eigenvalue weighted by atomic mass is 9.97. The summed E-state index contributed by atoms with van der Waals surface area (Å²) >= 11 is 1.84. The van der Waals surface area contributed by atoms with Crippen LogP contribution in [0.25, 0.3) is 0 Å². The Bertz CT molecular complexity index is 461. The molecule has 1 saturated carbocycles. The van der Waals surface area contributed by atoms with Gasteiger partial charge >= 0.3 is 0 Å². The fraction of sp³-hybridized carbons (Fsp3) is 0.688. The van der Waals surface area contributed by atoms with Crippen LogP contribution < -0.4 is 11.1 Å². The molecule has 1 aromatic heterocycles. The molecule has 1 aromatic rings. The van der Waals surface area contributed by atoms with Gasteiger partial charge in [0.15, 0.2) is 0 Å². The molecule has 1 amide bonds. The van der Waals surface area contributed by atoms with Crippen molar-refractivity contribution in [3.05, 3.63) is 21.4 Å². The van der Waals surface area contributed by atoms with E-state index in [9.17, 15) is 4.79 Å². The highest BCUT2D eigenvalue weighted by molar-refractivity contribution is 7.12. The average molecular weight is 294 g/mol. The lowest BCUT2D eigenvalue weighted by Gasteiger charge is -2.28. The van der Waals surface area contributed by atoms with Crippen molar-refractivity contribution in [3.63, 3.8) is 0 Å². The van der Waals surface area contributed by atoms with Gasteiger partial charge in [-0.2, -0.15) is 0 Å². The minimum Gasteiger partial charge on any atom is -0.349 e. The van der Waals surface area contributed by atoms with Crippen LogP contribution in [-0.4, -0.2) is 18.0 Å². The number of carbonyl (C=O) groups is 1. The third-order valence-electron chi connectivity index (χ3n) is 4.35. The van der Waals surface area contributed by atoms with E-state index in [2.05, 4.69) is 25.2 Å². The second-order valence-electron chi connectivity index (χ2n) is 6.03. The number of hydrogen-bond donors (Lipinski definition) is 2. The Morgan fingerprint density at radius 2 is 2.10 bits per heavy atom. The molecular formula is C16H26N2OS. The summed E-state index contributed by atoms with van der Waals surface area (Å²) < 4.78 is 0. The second-order valence-corrected chi connectivity index (χ2v) is 7.49. The van der Waals surface area contributed by atoms with Crippen molar-refractivity contribution in [1.29, 1.82) is 0 Å². The fourth-order valence-corrected chi connectivity index (χ4v) is 4.14. The predicted molar refractivity (Wildman–Crippen MR) is 85.1 cm³/mol. The van der Waals surface area contributed by atoms with E-state index in [1.54, 1.807) is 0 Å². The largest absolute Gasteiger partial charge is 0.349 e. The zero-order chi connectivity index (χ0) is 14.6. The molecule has 112 valence electrons. The van der Waals surface area contributed by atoms with Gasteiger partial charge < -0.3 is 11.1 Å². The molecule has 1 heterocycles. The first-order chi connectivity index (χ1) is 9.54. The molecule has 0 bridgehead atoms. The van der Waals surface area contributed by atoms with E-state index in [1.807, 2.05) is 11.3 Å². The molecule has 0 unspecified atom stereocenters. The van der Waals surface area contributed by atoms with E-state index in [0.29, 0.717) is 13.0 Å². The summed E-state index contributed by atoms with van der Waals surface area (Å²) in [4.78, 5) is 14.8. The van der Waals surface area contributed by atoms with E-state index >= 15 is 0 Å². The maximum atomic E-state index is 12.1. The van der Waals surface area contributed by atoms with Crippen molar-refractivity contribution < 1.29 is 4.79 Å². The standard InChI is InChI=1S/C16H26N2OS/c1-12-10-14(13(2)20-12)6-5-7-15(19)18-16(11-17)8-3-4-9-16/h10H,3-9,11,17H2,1-2H3,(H,18,19). The minimum atomic E-state index is -0.105. The number of amides is 1. The van der Waals surface area contributed by atoms with Gasteiger partial charge in [-0.25, -0.2) is 0 Å². The zero-order valence-corrected chi connectivity index (χ0v) is 13.4. The molecular weight excluding hydrogens is 268 g/mol. The quantitative estimate of drug-likeness (QED) is 0.847. The number of thiophene rings is 1. The van der Waals surface area contributed by atoms with Crippen molar-refractivity contribution >= 4 is 17.2 Å². The summed E-state index contributed by atoms with van der Waals surface area (Å²) in [6, 6.07) is 2.25. The third-order valence-corrected chi connectivity index (χ3v) is 5.36. The fourth-order valence-electron chi connectivity index (χ4n) is 3.16. The highest BCUT2D eigenvalue weighted by Crippen LogP contribution is 2.28. The molecule has 0 spiro atoms. The topological polar surface area (TPSA) is 55.1 Å². The monoisotopic (exact) mass is 294 g/mol. The normalized spacial score (nSPS) is 17.4. The van der Waals surface area contributed by atoms with Crippen LogP contribution in [0.4, 0.5) is 0 Å². The van der Waals surface area contributed by atoms with E-state index < -0.39 is 0 Å². The summed E-state index contributed by atoms with van der Waals surface area (Å²) in [5, 5.41) is 3.19. The minimum absolute atomic E-state index is 0.105. The van der Waals surface area contributed by atoms with Crippen molar-refractivity contribution in [1.82, 2.24) is 5.32 Å². The number of nitrogens with two attached hydrogens (primary N) is 1. The van der Waals surface area contributed by atoms with Crippen molar-refractivity contribution in [3.8, 4) is 0 Å². The van der Waals surface area contributed by atoms with Crippen LogP contribution in [0.15, 0.2) is 6.07 Å². The maximum Gasteiger partial charge on any atom is 0.220 e. The molecule has 0 aromatic carbocycles. The number of carbonyl (C=O) groups excluding carboxylic acids is 1. The summed E-state index contributed by atoms with van der Waals surface area (Å²) in [5.74, 6) is 0.168. The van der Waals surface area contributed by atoms with Crippen LogP contribution >= 0.6 is 11.3 Å². The van der Waals surface area contributed by atoms with Crippen LogP contribution in [0, 0.1) is 13.8 Å². The number of rotatable bonds is 6. The summed E-state index contributed by atoms with van der Waals surface area (Å²) in [7, 11) is 0. The van der Waals surface area contributed by atoms with Gasteiger partial charge in [0.25, 0.3) is 0 Å². The van der Waals surface area contributed by atoms with E-state index in [1.165, 1.54) is 28.2 Å². The average Bonchev–Trinajstić information content (AvgIpc) is 2.98. The Balaban J connectivity index is 1.76. The Labute approximate surface area is 125 Å². The first kappa shape index (κ1) is 15.5. The van der Waals surface area contributed by atoms with Crippen LogP contribution in [0.3, 0.4) is 0 Å². The van der Waals surface area contributed by atoms with Gasteiger partial charge in [-0.3, -0.25) is 4.79 Å². The number of aryl methyl sites for hydroxylation is 3. The molecule has 0 saturated heterocycles. The smallest absolute Gasteiger partial charge is 0.220 e. The van der Waals surface area contributed by atoms with Crippen molar-refractivity contribution in [2.75, 3.05) is 6.54 Å². The van der Waals surface area contributed by atoms with Gasteiger partial charge in [0.05, 0.1) is 5.54 Å². The molecule has 1 aliphatic carbocycles. The first-order valence-electron chi connectivity index (χ1n) is 7.62. The van der Waals surface area contributed by atoms with Crippen molar-refractivity contribution in [2.45, 2.75) is 64.3 Å². The Hall–Kier alpha value is -0.870. The van der Waals surface area contributed by atoms with Gasteiger partial charge in [-0.05, 0) is 51.2 Å². The molecule has 4 heteroatoms. The second kappa shape index (κ2) is 6.72. The highest BCUT2D eigenvalue weighted by atomic mass is 32.1. The zero-order valence-electron chi connectivity index (χ0n) is 12.6. The lowest BCUT2D eigenvalue weighted by molar-refractivity contribution is -0.123. The summed E-state index contributed by atoms with van der Waals surface area (Å²) in [5.41, 5.74) is 7.14. The number of hydrogen-bond acceptors (Lipinski definition) is 3. The predicted octanol–water partition coefficient (Wildman–Crippen LogP) is 3.08. The highest BCUT2D eigenvalue weighted by Gasteiger charge is 2.33. The Kier molecular flexibility index (Phi) is 5.22. The Morgan fingerprint density at radius 3 is 2.65 bits per heavy atom.